The van der Waals surface area contributed by atoms with Gasteiger partial charge >= 0.3 is 0 Å². The van der Waals surface area contributed by atoms with Crippen molar-refractivity contribution in [3.63, 3.8) is 0 Å². The number of piperazine rings is 1. The van der Waals surface area contributed by atoms with Crippen molar-refractivity contribution in [3.05, 3.63) is 65.5 Å². The number of carbonyl (C=O) groups excluding carboxylic acids is 3. The largest absolute Gasteiger partial charge is 0.368 e. The Balaban J connectivity index is 1.34. The van der Waals surface area contributed by atoms with Crippen molar-refractivity contribution >= 4 is 23.4 Å². The molecule has 7 heteroatoms. The zero-order valence-electron chi connectivity index (χ0n) is 16.0. The van der Waals surface area contributed by atoms with E-state index in [9.17, 15) is 18.8 Å². The summed E-state index contributed by atoms with van der Waals surface area (Å²) in [4.78, 5) is 41.5. The molecule has 3 amide bonds. The zero-order valence-corrected chi connectivity index (χ0v) is 16.0. The van der Waals surface area contributed by atoms with Gasteiger partial charge in [0.05, 0.1) is 6.54 Å². The molecule has 2 aromatic carbocycles. The summed E-state index contributed by atoms with van der Waals surface area (Å²) in [6, 6.07) is 13.5. The van der Waals surface area contributed by atoms with E-state index in [1.54, 1.807) is 36.4 Å². The highest BCUT2D eigenvalue weighted by Gasteiger charge is 2.29. The van der Waals surface area contributed by atoms with E-state index in [4.69, 9.17) is 0 Å². The van der Waals surface area contributed by atoms with E-state index >= 15 is 0 Å². The van der Waals surface area contributed by atoms with Crippen LogP contribution in [0.25, 0.3) is 0 Å². The summed E-state index contributed by atoms with van der Waals surface area (Å²) >= 11 is 0. The van der Waals surface area contributed by atoms with Gasteiger partial charge in [-0.25, -0.2) is 4.39 Å². The molecule has 0 aliphatic carbocycles. The van der Waals surface area contributed by atoms with E-state index in [0.29, 0.717) is 31.7 Å². The van der Waals surface area contributed by atoms with Crippen LogP contribution in [0.5, 0.6) is 0 Å². The molecule has 0 atom stereocenters. The van der Waals surface area contributed by atoms with E-state index in [-0.39, 0.29) is 42.9 Å². The first-order chi connectivity index (χ1) is 14.0. The number of rotatable bonds is 4. The molecule has 2 saturated heterocycles. The summed E-state index contributed by atoms with van der Waals surface area (Å²) in [5, 5.41) is 0. The summed E-state index contributed by atoms with van der Waals surface area (Å²) in [5.74, 6) is -0.587. The standard InChI is InChI=1S/C22H22FN3O3/c23-18-5-7-19(8-6-18)24-11-13-25(14-12-24)22(29)17-3-1-16(2-4-17)15-26-20(27)9-10-21(26)28/h1-8H,9-15H2. The minimum absolute atomic E-state index is 0.0383. The highest BCUT2D eigenvalue weighted by Crippen LogP contribution is 2.19. The van der Waals surface area contributed by atoms with Gasteiger partial charge in [-0.3, -0.25) is 19.3 Å². The molecular weight excluding hydrogens is 373 g/mol. The first-order valence-electron chi connectivity index (χ1n) is 9.73. The molecule has 0 spiro atoms. The first kappa shape index (κ1) is 19.1. The SMILES string of the molecule is O=C(c1ccc(CN2C(=O)CCC2=O)cc1)N1CCN(c2ccc(F)cc2)CC1. The number of hydrogen-bond donors (Lipinski definition) is 0. The lowest BCUT2D eigenvalue weighted by Gasteiger charge is -2.36. The van der Waals surface area contributed by atoms with Crippen molar-refractivity contribution in [2.75, 3.05) is 31.1 Å². The molecule has 6 nitrogen and oxygen atoms in total. The lowest BCUT2D eigenvalue weighted by atomic mass is 10.1. The number of anilines is 1. The number of likely N-dealkylation sites (tertiary alicyclic amines) is 1. The lowest BCUT2D eigenvalue weighted by Crippen LogP contribution is -2.48. The zero-order chi connectivity index (χ0) is 20.4. The smallest absolute Gasteiger partial charge is 0.253 e. The monoisotopic (exact) mass is 395 g/mol. The minimum atomic E-state index is -0.260. The van der Waals surface area contributed by atoms with Crippen LogP contribution < -0.4 is 4.90 Å². The second kappa shape index (κ2) is 8.03. The van der Waals surface area contributed by atoms with Gasteiger partial charge in [-0.05, 0) is 42.0 Å². The van der Waals surface area contributed by atoms with Gasteiger partial charge in [0.1, 0.15) is 5.82 Å². The molecule has 29 heavy (non-hydrogen) atoms. The van der Waals surface area contributed by atoms with Crippen LogP contribution in [0, 0.1) is 5.82 Å². The molecular formula is C22H22FN3O3. The summed E-state index contributed by atoms with van der Waals surface area (Å²) in [6.45, 7) is 2.81. The number of amides is 3. The van der Waals surface area contributed by atoms with Crippen LogP contribution >= 0.6 is 0 Å². The van der Waals surface area contributed by atoms with Crippen LogP contribution in [0.15, 0.2) is 48.5 Å². The van der Waals surface area contributed by atoms with Crippen LogP contribution in [0.2, 0.25) is 0 Å². The van der Waals surface area contributed by atoms with Crippen LogP contribution in [0.1, 0.15) is 28.8 Å². The van der Waals surface area contributed by atoms with Gasteiger partial charge in [-0.2, -0.15) is 0 Å². The van der Waals surface area contributed by atoms with E-state index in [2.05, 4.69) is 4.90 Å². The molecule has 150 valence electrons. The topological polar surface area (TPSA) is 60.9 Å². The van der Waals surface area contributed by atoms with E-state index < -0.39 is 0 Å². The fourth-order valence-corrected chi connectivity index (χ4v) is 3.74. The van der Waals surface area contributed by atoms with Crippen LogP contribution in [0.4, 0.5) is 10.1 Å². The fourth-order valence-electron chi connectivity index (χ4n) is 3.74. The quantitative estimate of drug-likeness (QED) is 0.746. The molecule has 0 saturated carbocycles. The van der Waals surface area contributed by atoms with Crippen molar-refractivity contribution < 1.29 is 18.8 Å². The molecule has 0 N–H and O–H groups in total. The maximum absolute atomic E-state index is 13.1. The van der Waals surface area contributed by atoms with Crippen molar-refractivity contribution in [2.24, 2.45) is 0 Å². The Morgan fingerprint density at radius 1 is 0.828 bits per heavy atom. The molecule has 4 rings (SSSR count). The van der Waals surface area contributed by atoms with Crippen molar-refractivity contribution in [1.82, 2.24) is 9.80 Å². The summed E-state index contributed by atoms with van der Waals surface area (Å²) in [5.41, 5.74) is 2.36. The average Bonchev–Trinajstić information content (AvgIpc) is 3.06. The van der Waals surface area contributed by atoms with Gasteiger partial charge in [-0.15, -0.1) is 0 Å². The van der Waals surface area contributed by atoms with E-state index in [1.165, 1.54) is 17.0 Å². The van der Waals surface area contributed by atoms with Gasteiger partial charge < -0.3 is 9.80 Å². The molecule has 0 bridgehead atoms. The Bertz CT molecular complexity index is 903. The second-order valence-corrected chi connectivity index (χ2v) is 7.33. The van der Waals surface area contributed by atoms with Gasteiger partial charge in [0.15, 0.2) is 0 Å². The van der Waals surface area contributed by atoms with Gasteiger partial charge in [0.25, 0.3) is 5.91 Å². The Kier molecular flexibility index (Phi) is 5.29. The second-order valence-electron chi connectivity index (χ2n) is 7.33. The third-order valence-corrected chi connectivity index (χ3v) is 5.46. The maximum atomic E-state index is 13.1. The average molecular weight is 395 g/mol. The van der Waals surface area contributed by atoms with Gasteiger partial charge in [-0.1, -0.05) is 12.1 Å². The predicted octanol–water partition coefficient (Wildman–Crippen LogP) is 2.44. The number of imide groups is 1. The summed E-state index contributed by atoms with van der Waals surface area (Å²) < 4.78 is 13.1. The third-order valence-electron chi connectivity index (χ3n) is 5.46. The number of benzene rings is 2. The Hall–Kier alpha value is -3.22. The van der Waals surface area contributed by atoms with E-state index in [1.807, 2.05) is 4.90 Å². The molecule has 0 radical (unpaired) electrons. The molecule has 0 aromatic heterocycles. The first-order valence-corrected chi connectivity index (χ1v) is 9.73. The Morgan fingerprint density at radius 3 is 2.00 bits per heavy atom. The van der Waals surface area contributed by atoms with Gasteiger partial charge in [0.2, 0.25) is 11.8 Å². The Morgan fingerprint density at radius 2 is 1.41 bits per heavy atom. The number of hydrogen-bond acceptors (Lipinski definition) is 4. The van der Waals surface area contributed by atoms with Crippen LogP contribution in [-0.4, -0.2) is 53.7 Å². The van der Waals surface area contributed by atoms with Gasteiger partial charge in [0, 0.05) is 50.3 Å². The highest BCUT2D eigenvalue weighted by molar-refractivity contribution is 6.01. The Labute approximate surface area is 168 Å². The molecule has 2 aliphatic rings. The molecule has 2 aromatic rings. The van der Waals surface area contributed by atoms with Crippen molar-refractivity contribution in [1.29, 1.82) is 0 Å². The number of carbonyl (C=O) groups is 3. The fraction of sp³-hybridized carbons (Fsp3) is 0.318. The number of nitrogens with zero attached hydrogens (tertiary/aromatic N) is 3. The highest BCUT2D eigenvalue weighted by atomic mass is 19.1. The van der Waals surface area contributed by atoms with E-state index in [0.717, 1.165) is 11.3 Å². The van der Waals surface area contributed by atoms with Crippen LogP contribution in [-0.2, 0) is 16.1 Å². The molecule has 0 unspecified atom stereocenters. The molecule has 2 aliphatic heterocycles. The van der Waals surface area contributed by atoms with Crippen LogP contribution in [0.3, 0.4) is 0 Å². The van der Waals surface area contributed by atoms with Crippen molar-refractivity contribution in [2.45, 2.75) is 19.4 Å². The molecule has 2 heterocycles. The predicted molar refractivity (Wildman–Crippen MR) is 106 cm³/mol. The lowest BCUT2D eigenvalue weighted by molar-refractivity contribution is -0.139. The van der Waals surface area contributed by atoms with Crippen molar-refractivity contribution in [3.8, 4) is 0 Å². The molecule has 2 fully saturated rings. The normalized spacial score (nSPS) is 17.2. The third kappa shape index (κ3) is 4.13. The minimum Gasteiger partial charge on any atom is -0.368 e. The number of halogens is 1. The maximum Gasteiger partial charge on any atom is 0.253 e. The summed E-state index contributed by atoms with van der Waals surface area (Å²) in [7, 11) is 0. The summed E-state index contributed by atoms with van der Waals surface area (Å²) in [6.07, 6.45) is 0.554.